The topological polar surface area (TPSA) is 3.24 Å². The molecule has 0 spiro atoms. The summed E-state index contributed by atoms with van der Waals surface area (Å²) in [4.78, 5) is 2.71. The van der Waals surface area contributed by atoms with Crippen LogP contribution < -0.4 is 0 Å². The lowest BCUT2D eigenvalue weighted by atomic mass is 10.0. The fourth-order valence-electron chi connectivity index (χ4n) is 2.64. The van der Waals surface area contributed by atoms with Crippen LogP contribution in [0.1, 0.15) is 46.5 Å². The zero-order valence-electron chi connectivity index (χ0n) is 10.6. The molecule has 0 bridgehead atoms. The molecule has 15 heavy (non-hydrogen) atoms. The monoisotopic (exact) mass is 229 g/mol. The van der Waals surface area contributed by atoms with Gasteiger partial charge in [0, 0.05) is 6.04 Å². The Morgan fingerprint density at radius 3 is 2.60 bits per heavy atom. The summed E-state index contributed by atoms with van der Waals surface area (Å²) in [5.41, 5.74) is 0. The smallest absolute Gasteiger partial charge is 0.0119 e. The zero-order valence-corrected chi connectivity index (χ0v) is 11.5. The number of rotatable bonds is 6. The van der Waals surface area contributed by atoms with Crippen LogP contribution in [0.4, 0.5) is 0 Å². The van der Waals surface area contributed by atoms with Crippen molar-refractivity contribution in [1.29, 1.82) is 0 Å². The molecule has 0 aromatic rings. The van der Waals surface area contributed by atoms with Gasteiger partial charge in [0.25, 0.3) is 0 Å². The van der Waals surface area contributed by atoms with Gasteiger partial charge in [0.2, 0.25) is 0 Å². The molecule has 1 aliphatic rings. The Morgan fingerprint density at radius 2 is 2.00 bits per heavy atom. The van der Waals surface area contributed by atoms with E-state index < -0.39 is 0 Å². The van der Waals surface area contributed by atoms with Gasteiger partial charge in [-0.05, 0) is 56.4 Å². The van der Waals surface area contributed by atoms with E-state index in [1.807, 2.05) is 0 Å². The summed E-state index contributed by atoms with van der Waals surface area (Å²) >= 11 is 4.30. The van der Waals surface area contributed by atoms with Crippen LogP contribution in [0, 0.1) is 11.8 Å². The van der Waals surface area contributed by atoms with Crippen LogP contribution >= 0.6 is 12.6 Å². The van der Waals surface area contributed by atoms with Gasteiger partial charge in [0.15, 0.2) is 0 Å². The molecule has 2 unspecified atom stereocenters. The fraction of sp³-hybridized carbons (Fsp3) is 1.00. The first-order chi connectivity index (χ1) is 7.15. The van der Waals surface area contributed by atoms with E-state index in [9.17, 15) is 0 Å². The largest absolute Gasteiger partial charge is 0.300 e. The first kappa shape index (κ1) is 13.4. The van der Waals surface area contributed by atoms with Crippen LogP contribution in [0.3, 0.4) is 0 Å². The van der Waals surface area contributed by atoms with Crippen LogP contribution in [0.2, 0.25) is 0 Å². The van der Waals surface area contributed by atoms with Crippen molar-refractivity contribution in [2.75, 3.05) is 18.8 Å². The number of hydrogen-bond donors (Lipinski definition) is 1. The molecule has 1 nitrogen and oxygen atoms in total. The SMILES string of the molecule is CC(CCS)CCN1CCCC1C(C)C. The van der Waals surface area contributed by atoms with E-state index in [0.717, 1.165) is 23.6 Å². The van der Waals surface area contributed by atoms with E-state index >= 15 is 0 Å². The summed E-state index contributed by atoms with van der Waals surface area (Å²) in [6, 6.07) is 0.855. The van der Waals surface area contributed by atoms with E-state index in [4.69, 9.17) is 0 Å². The van der Waals surface area contributed by atoms with E-state index in [2.05, 4.69) is 38.3 Å². The standard InChI is InChI=1S/C13H27NS/c1-11(2)13-5-4-8-14(13)9-6-12(3)7-10-15/h11-13,15H,4-10H2,1-3H3. The molecule has 0 saturated carbocycles. The Morgan fingerprint density at radius 1 is 1.27 bits per heavy atom. The second kappa shape index (κ2) is 6.80. The Balaban J connectivity index is 2.25. The second-order valence-corrected chi connectivity index (χ2v) is 5.84. The number of nitrogens with zero attached hydrogens (tertiary/aromatic N) is 1. The van der Waals surface area contributed by atoms with Gasteiger partial charge in [-0.15, -0.1) is 0 Å². The molecule has 2 heteroatoms. The van der Waals surface area contributed by atoms with Gasteiger partial charge < -0.3 is 4.90 Å². The lowest BCUT2D eigenvalue weighted by molar-refractivity contribution is 0.194. The van der Waals surface area contributed by atoms with Crippen LogP contribution in [0.5, 0.6) is 0 Å². The molecule has 0 N–H and O–H groups in total. The van der Waals surface area contributed by atoms with E-state index in [1.54, 1.807) is 0 Å². The maximum atomic E-state index is 4.30. The van der Waals surface area contributed by atoms with E-state index in [-0.39, 0.29) is 0 Å². The van der Waals surface area contributed by atoms with Crippen LogP contribution in [-0.4, -0.2) is 29.8 Å². The Labute approximate surface area is 101 Å². The third-order valence-electron chi connectivity index (χ3n) is 3.71. The van der Waals surface area contributed by atoms with Crippen LogP contribution in [-0.2, 0) is 0 Å². The molecule has 0 radical (unpaired) electrons. The molecule has 0 aromatic carbocycles. The second-order valence-electron chi connectivity index (χ2n) is 5.40. The van der Waals surface area contributed by atoms with Crippen molar-refractivity contribution >= 4 is 12.6 Å². The summed E-state index contributed by atoms with van der Waals surface area (Å²) in [6.07, 6.45) is 5.44. The predicted octanol–water partition coefficient (Wildman–Crippen LogP) is 3.45. The van der Waals surface area contributed by atoms with E-state index in [1.165, 1.54) is 38.8 Å². The lowest BCUT2D eigenvalue weighted by Crippen LogP contribution is -2.34. The van der Waals surface area contributed by atoms with Gasteiger partial charge in [-0.2, -0.15) is 12.6 Å². The highest BCUT2D eigenvalue weighted by Gasteiger charge is 2.26. The number of hydrogen-bond acceptors (Lipinski definition) is 2. The maximum absolute atomic E-state index is 4.30. The van der Waals surface area contributed by atoms with Crippen molar-refractivity contribution in [3.8, 4) is 0 Å². The fourth-order valence-corrected chi connectivity index (χ4v) is 3.08. The molecule has 1 saturated heterocycles. The highest BCUT2D eigenvalue weighted by molar-refractivity contribution is 7.80. The summed E-state index contributed by atoms with van der Waals surface area (Å²) in [5, 5.41) is 0. The molecular formula is C13H27NS. The van der Waals surface area contributed by atoms with Crippen molar-refractivity contribution in [1.82, 2.24) is 4.90 Å². The molecule has 2 atom stereocenters. The first-order valence-electron chi connectivity index (χ1n) is 6.50. The van der Waals surface area contributed by atoms with Gasteiger partial charge in [-0.25, -0.2) is 0 Å². The molecule has 1 aliphatic heterocycles. The Kier molecular flexibility index (Phi) is 6.06. The Hall–Kier alpha value is 0.310. The quantitative estimate of drug-likeness (QED) is 0.683. The minimum atomic E-state index is 0.827. The zero-order chi connectivity index (χ0) is 11.3. The highest BCUT2D eigenvalue weighted by atomic mass is 32.1. The molecule has 0 amide bonds. The molecular weight excluding hydrogens is 202 g/mol. The first-order valence-corrected chi connectivity index (χ1v) is 7.13. The molecule has 90 valence electrons. The summed E-state index contributed by atoms with van der Waals surface area (Å²) in [6.45, 7) is 9.71. The number of likely N-dealkylation sites (tertiary alicyclic amines) is 1. The third-order valence-corrected chi connectivity index (χ3v) is 3.97. The van der Waals surface area contributed by atoms with Crippen LogP contribution in [0.25, 0.3) is 0 Å². The minimum Gasteiger partial charge on any atom is -0.300 e. The van der Waals surface area contributed by atoms with Gasteiger partial charge >= 0.3 is 0 Å². The number of thiol groups is 1. The predicted molar refractivity (Wildman–Crippen MR) is 71.7 cm³/mol. The van der Waals surface area contributed by atoms with E-state index in [0.29, 0.717) is 0 Å². The molecule has 1 rings (SSSR count). The van der Waals surface area contributed by atoms with Gasteiger partial charge in [-0.3, -0.25) is 0 Å². The average molecular weight is 229 g/mol. The molecule has 1 fully saturated rings. The van der Waals surface area contributed by atoms with Crippen molar-refractivity contribution in [2.45, 2.75) is 52.5 Å². The summed E-state index contributed by atoms with van der Waals surface area (Å²) in [5.74, 6) is 2.71. The molecule has 0 aromatic heterocycles. The lowest BCUT2D eigenvalue weighted by Gasteiger charge is -2.28. The maximum Gasteiger partial charge on any atom is 0.0119 e. The van der Waals surface area contributed by atoms with Crippen molar-refractivity contribution in [3.63, 3.8) is 0 Å². The van der Waals surface area contributed by atoms with Crippen molar-refractivity contribution in [2.24, 2.45) is 11.8 Å². The van der Waals surface area contributed by atoms with Crippen LogP contribution in [0.15, 0.2) is 0 Å². The highest BCUT2D eigenvalue weighted by Crippen LogP contribution is 2.24. The molecule has 0 aliphatic carbocycles. The summed E-state index contributed by atoms with van der Waals surface area (Å²) < 4.78 is 0. The van der Waals surface area contributed by atoms with Gasteiger partial charge in [-0.1, -0.05) is 20.8 Å². The molecule has 1 heterocycles. The van der Waals surface area contributed by atoms with Gasteiger partial charge in [0.05, 0.1) is 0 Å². The average Bonchev–Trinajstić information content (AvgIpc) is 2.63. The van der Waals surface area contributed by atoms with Crippen molar-refractivity contribution in [3.05, 3.63) is 0 Å². The Bertz CT molecular complexity index is 170. The summed E-state index contributed by atoms with van der Waals surface area (Å²) in [7, 11) is 0. The third kappa shape index (κ3) is 4.36. The normalized spacial score (nSPS) is 25.0. The van der Waals surface area contributed by atoms with Gasteiger partial charge in [0.1, 0.15) is 0 Å². The minimum absolute atomic E-state index is 0.827. The van der Waals surface area contributed by atoms with Crippen molar-refractivity contribution < 1.29 is 0 Å².